The Hall–Kier alpha value is -1.40. The topological polar surface area (TPSA) is 52.0 Å². The van der Waals surface area contributed by atoms with Crippen LogP contribution in [0.3, 0.4) is 0 Å². The molecule has 0 fully saturated rings. The van der Waals surface area contributed by atoms with E-state index in [0.29, 0.717) is 21.2 Å². The van der Waals surface area contributed by atoms with E-state index in [1.54, 1.807) is 0 Å². The second-order valence-electron chi connectivity index (χ2n) is 4.12. The number of rotatable bonds is 2. The Morgan fingerprint density at radius 1 is 0.789 bits per heavy atom. The molecule has 2 aromatic carbocycles. The Balaban J connectivity index is 2.51. The van der Waals surface area contributed by atoms with Crippen molar-refractivity contribution in [2.24, 2.45) is 0 Å². The van der Waals surface area contributed by atoms with Gasteiger partial charge in [0.1, 0.15) is 0 Å². The number of alkyl halides is 2. The van der Waals surface area contributed by atoms with E-state index >= 15 is 0 Å². The van der Waals surface area contributed by atoms with Gasteiger partial charge in [0, 0.05) is 32.3 Å². The fourth-order valence-electron chi connectivity index (χ4n) is 1.64. The van der Waals surface area contributed by atoms with E-state index in [0.717, 1.165) is 0 Å². The fraction of sp³-hybridized carbons (Fsp3) is 0.0769. The number of thiol groups is 2. The summed E-state index contributed by atoms with van der Waals surface area (Å²) in [6, 6.07) is 7.89. The van der Waals surface area contributed by atoms with Crippen molar-refractivity contribution in [3.05, 3.63) is 47.5 Å². The van der Waals surface area contributed by atoms with Crippen LogP contribution < -0.4 is 11.5 Å². The second kappa shape index (κ2) is 4.94. The number of benzene rings is 2. The van der Waals surface area contributed by atoms with Gasteiger partial charge in [-0.2, -0.15) is 8.78 Å². The summed E-state index contributed by atoms with van der Waals surface area (Å²) in [6.45, 7) is 0. The Kier molecular flexibility index (Phi) is 3.64. The lowest BCUT2D eigenvalue weighted by Crippen LogP contribution is -2.15. The fourth-order valence-corrected chi connectivity index (χ4v) is 2.07. The highest BCUT2D eigenvalue weighted by atomic mass is 32.1. The standard InChI is InChI=1S/C13H12F2N2S2/c14-13(15,7-1-3-9(16)11(18)5-7)8-2-4-10(17)12(19)6-8/h1-6,18-19H,16-17H2. The molecule has 0 aliphatic rings. The molecule has 0 aliphatic carbocycles. The van der Waals surface area contributed by atoms with Crippen LogP contribution in [-0.4, -0.2) is 0 Å². The van der Waals surface area contributed by atoms with E-state index in [2.05, 4.69) is 25.3 Å². The quantitative estimate of drug-likeness (QED) is 0.506. The molecule has 0 unspecified atom stereocenters. The molecule has 0 radical (unpaired) electrons. The molecule has 0 bridgehead atoms. The molecule has 0 atom stereocenters. The van der Waals surface area contributed by atoms with Gasteiger partial charge in [-0.15, -0.1) is 25.3 Å². The summed E-state index contributed by atoms with van der Waals surface area (Å²) >= 11 is 8.11. The second-order valence-corrected chi connectivity index (χ2v) is 5.09. The van der Waals surface area contributed by atoms with Gasteiger partial charge >= 0.3 is 0 Å². The molecule has 0 saturated carbocycles. The normalized spacial score (nSPS) is 11.6. The van der Waals surface area contributed by atoms with Crippen LogP contribution in [0.5, 0.6) is 0 Å². The molecule has 2 aromatic rings. The van der Waals surface area contributed by atoms with Crippen molar-refractivity contribution >= 4 is 36.6 Å². The molecule has 4 N–H and O–H groups in total. The monoisotopic (exact) mass is 298 g/mol. The van der Waals surface area contributed by atoms with Gasteiger partial charge in [-0.25, -0.2) is 0 Å². The molecule has 0 aliphatic heterocycles. The molecule has 2 rings (SSSR count). The van der Waals surface area contributed by atoms with E-state index in [1.807, 2.05) is 0 Å². The number of nitrogens with two attached hydrogens (primary N) is 2. The van der Waals surface area contributed by atoms with E-state index in [9.17, 15) is 8.78 Å². The van der Waals surface area contributed by atoms with Crippen LogP contribution in [0.1, 0.15) is 11.1 Å². The first-order chi connectivity index (χ1) is 8.82. The lowest BCUT2D eigenvalue weighted by atomic mass is 10.00. The zero-order valence-corrected chi connectivity index (χ0v) is 11.6. The Morgan fingerprint density at radius 2 is 1.16 bits per heavy atom. The van der Waals surface area contributed by atoms with Gasteiger partial charge in [0.15, 0.2) is 0 Å². The largest absolute Gasteiger partial charge is 0.398 e. The highest BCUT2D eigenvalue weighted by molar-refractivity contribution is 7.80. The number of hydrogen-bond donors (Lipinski definition) is 4. The van der Waals surface area contributed by atoms with Gasteiger partial charge in [0.25, 0.3) is 5.92 Å². The lowest BCUT2D eigenvalue weighted by Gasteiger charge is -2.19. The molecule has 0 aromatic heterocycles. The molecule has 2 nitrogen and oxygen atoms in total. The molecule has 0 heterocycles. The zero-order chi connectivity index (χ0) is 14.2. The molecule has 0 spiro atoms. The first-order valence-electron chi connectivity index (χ1n) is 5.38. The van der Waals surface area contributed by atoms with Crippen molar-refractivity contribution in [1.29, 1.82) is 0 Å². The van der Waals surface area contributed by atoms with Crippen molar-refractivity contribution in [3.8, 4) is 0 Å². The average molecular weight is 298 g/mol. The molecular formula is C13H12F2N2S2. The van der Waals surface area contributed by atoms with Gasteiger partial charge < -0.3 is 11.5 Å². The summed E-state index contributed by atoms with van der Waals surface area (Å²) in [4.78, 5) is 0.637. The third-order valence-electron chi connectivity index (χ3n) is 2.79. The predicted octanol–water partition coefficient (Wildman–Crippen LogP) is 3.57. The van der Waals surface area contributed by atoms with Crippen LogP contribution in [0.2, 0.25) is 0 Å². The minimum atomic E-state index is -3.16. The first-order valence-corrected chi connectivity index (χ1v) is 6.27. The van der Waals surface area contributed by atoms with Crippen LogP contribution in [-0.2, 0) is 5.92 Å². The van der Waals surface area contributed by atoms with Gasteiger partial charge in [0.05, 0.1) is 0 Å². The van der Waals surface area contributed by atoms with Crippen LogP contribution in [0, 0.1) is 0 Å². The highest BCUT2D eigenvalue weighted by Gasteiger charge is 2.34. The maximum absolute atomic E-state index is 14.4. The van der Waals surface area contributed by atoms with Gasteiger partial charge in [-0.05, 0) is 24.3 Å². The van der Waals surface area contributed by atoms with Crippen molar-refractivity contribution in [1.82, 2.24) is 0 Å². The maximum atomic E-state index is 14.4. The van der Waals surface area contributed by atoms with Crippen LogP contribution in [0.4, 0.5) is 20.2 Å². The molecule has 0 saturated heterocycles. The van der Waals surface area contributed by atoms with E-state index in [4.69, 9.17) is 11.5 Å². The van der Waals surface area contributed by atoms with Gasteiger partial charge in [0.2, 0.25) is 0 Å². The van der Waals surface area contributed by atoms with E-state index < -0.39 is 5.92 Å². The number of halogens is 2. The summed E-state index contributed by atoms with van der Waals surface area (Å²) in [6.07, 6.45) is 0. The Bertz CT molecular complexity index is 577. The summed E-state index contributed by atoms with van der Waals surface area (Å²) < 4.78 is 28.7. The van der Waals surface area contributed by atoms with Crippen molar-refractivity contribution in [2.75, 3.05) is 11.5 Å². The van der Waals surface area contributed by atoms with Crippen LogP contribution >= 0.6 is 25.3 Å². The summed E-state index contributed by atoms with van der Waals surface area (Å²) in [5.41, 5.74) is 11.5. The molecule has 6 heteroatoms. The molecule has 19 heavy (non-hydrogen) atoms. The third-order valence-corrected chi connectivity index (χ3v) is 3.56. The molecular weight excluding hydrogens is 286 g/mol. The lowest BCUT2D eigenvalue weighted by molar-refractivity contribution is 0.0424. The third kappa shape index (κ3) is 2.64. The molecule has 0 amide bonds. The summed E-state index contributed by atoms with van der Waals surface area (Å²) in [7, 11) is 0. The summed E-state index contributed by atoms with van der Waals surface area (Å²) in [5.74, 6) is -3.16. The minimum absolute atomic E-state index is 0.177. The maximum Gasteiger partial charge on any atom is 0.298 e. The number of hydrogen-bond acceptors (Lipinski definition) is 4. The minimum Gasteiger partial charge on any atom is -0.398 e. The summed E-state index contributed by atoms with van der Waals surface area (Å²) in [5, 5.41) is 0. The molecule has 100 valence electrons. The van der Waals surface area contributed by atoms with Gasteiger partial charge in [-0.3, -0.25) is 0 Å². The Labute approximate surface area is 120 Å². The average Bonchev–Trinajstić information content (AvgIpc) is 2.35. The highest BCUT2D eigenvalue weighted by Crippen LogP contribution is 2.38. The van der Waals surface area contributed by atoms with Crippen LogP contribution in [0.15, 0.2) is 46.2 Å². The zero-order valence-electron chi connectivity index (χ0n) is 9.77. The van der Waals surface area contributed by atoms with Crippen molar-refractivity contribution < 1.29 is 8.78 Å². The van der Waals surface area contributed by atoms with E-state index in [-0.39, 0.29) is 11.1 Å². The first kappa shape index (κ1) is 14.0. The van der Waals surface area contributed by atoms with Crippen molar-refractivity contribution in [2.45, 2.75) is 15.7 Å². The van der Waals surface area contributed by atoms with Gasteiger partial charge in [-0.1, -0.05) is 12.1 Å². The number of anilines is 2. The SMILES string of the molecule is Nc1ccc(C(F)(F)c2ccc(N)c(S)c2)cc1S. The van der Waals surface area contributed by atoms with Crippen molar-refractivity contribution in [3.63, 3.8) is 0 Å². The predicted molar refractivity (Wildman–Crippen MR) is 79.2 cm³/mol. The Morgan fingerprint density at radius 3 is 1.47 bits per heavy atom. The van der Waals surface area contributed by atoms with E-state index in [1.165, 1.54) is 36.4 Å². The smallest absolute Gasteiger partial charge is 0.298 e. The number of nitrogen functional groups attached to an aromatic ring is 2. The van der Waals surface area contributed by atoms with Crippen LogP contribution in [0.25, 0.3) is 0 Å².